The van der Waals surface area contributed by atoms with Crippen LogP contribution >= 0.6 is 0 Å². The second-order valence-corrected chi connectivity index (χ2v) is 3.92. The molecule has 2 aromatic rings. The van der Waals surface area contributed by atoms with E-state index in [1.807, 2.05) is 42.5 Å². The highest BCUT2D eigenvalue weighted by Crippen LogP contribution is 2.21. The number of fused-ring (bicyclic) bond motifs is 1. The van der Waals surface area contributed by atoms with Gasteiger partial charge in [-0.05, 0) is 35.4 Å². The fourth-order valence-corrected chi connectivity index (χ4v) is 1.91. The van der Waals surface area contributed by atoms with Crippen molar-refractivity contribution in [2.45, 2.75) is 6.92 Å². The van der Waals surface area contributed by atoms with Gasteiger partial charge < -0.3 is 5.11 Å². The lowest BCUT2D eigenvalue weighted by molar-refractivity contribution is -0.111. The Morgan fingerprint density at radius 1 is 1.18 bits per heavy atom. The quantitative estimate of drug-likeness (QED) is 0.817. The molecule has 2 aromatic carbocycles. The van der Waals surface area contributed by atoms with Crippen molar-refractivity contribution in [3.05, 3.63) is 54.1 Å². The third-order valence-electron chi connectivity index (χ3n) is 2.74. The zero-order valence-electron chi connectivity index (χ0n) is 9.68. The highest BCUT2D eigenvalue weighted by atomic mass is 16.2. The molecule has 2 heteroatoms. The fraction of sp³-hybridized carbons (Fsp3) is 0.133. The van der Waals surface area contributed by atoms with Gasteiger partial charge in [-0.3, -0.25) is 4.79 Å². The number of allylic oxidation sites excluding steroid dienone is 1. The van der Waals surface area contributed by atoms with Crippen LogP contribution in [0.25, 0.3) is 16.3 Å². The maximum Gasteiger partial charge on any atom is 0.160 e. The Bertz CT molecular complexity index is 582. The second kappa shape index (κ2) is 4.93. The topological polar surface area (TPSA) is 37.3 Å². The second-order valence-electron chi connectivity index (χ2n) is 3.92. The predicted molar refractivity (Wildman–Crippen MR) is 69.7 cm³/mol. The number of aliphatic hydroxyl groups is 1. The van der Waals surface area contributed by atoms with E-state index in [4.69, 9.17) is 5.11 Å². The summed E-state index contributed by atoms with van der Waals surface area (Å²) >= 11 is 0. The summed E-state index contributed by atoms with van der Waals surface area (Å²) in [6.07, 6.45) is 1.55. The van der Waals surface area contributed by atoms with E-state index in [9.17, 15) is 4.79 Å². The molecule has 0 saturated heterocycles. The molecule has 17 heavy (non-hydrogen) atoms. The molecular weight excluding hydrogens is 212 g/mol. The van der Waals surface area contributed by atoms with Gasteiger partial charge in [-0.25, -0.2) is 0 Å². The largest absolute Gasteiger partial charge is 0.392 e. The lowest BCUT2D eigenvalue weighted by Gasteiger charge is -2.05. The van der Waals surface area contributed by atoms with Gasteiger partial charge in [0.2, 0.25) is 0 Å². The molecule has 0 unspecified atom stereocenters. The predicted octanol–water partition coefficient (Wildman–Crippen LogP) is 2.80. The number of ketones is 1. The molecule has 1 N–H and O–H groups in total. The Kier molecular flexibility index (Phi) is 3.35. The highest BCUT2D eigenvalue weighted by Gasteiger charge is 2.07. The molecule has 0 aliphatic carbocycles. The molecule has 0 saturated carbocycles. The molecular formula is C15H14O2. The number of carbonyl (C=O) groups is 1. The van der Waals surface area contributed by atoms with Crippen molar-refractivity contribution in [1.29, 1.82) is 0 Å². The van der Waals surface area contributed by atoms with Gasteiger partial charge in [-0.15, -0.1) is 0 Å². The zero-order chi connectivity index (χ0) is 12.3. The van der Waals surface area contributed by atoms with Crippen LogP contribution in [-0.2, 0) is 4.79 Å². The van der Waals surface area contributed by atoms with Crippen LogP contribution < -0.4 is 0 Å². The van der Waals surface area contributed by atoms with E-state index in [0.717, 1.165) is 16.3 Å². The van der Waals surface area contributed by atoms with E-state index in [-0.39, 0.29) is 12.4 Å². The van der Waals surface area contributed by atoms with Crippen molar-refractivity contribution in [2.75, 3.05) is 6.61 Å². The van der Waals surface area contributed by atoms with Gasteiger partial charge in [-0.1, -0.05) is 36.4 Å². The first kappa shape index (κ1) is 11.6. The summed E-state index contributed by atoms with van der Waals surface area (Å²) in [5, 5.41) is 11.2. The van der Waals surface area contributed by atoms with Crippen molar-refractivity contribution < 1.29 is 9.90 Å². The third-order valence-corrected chi connectivity index (χ3v) is 2.74. The summed E-state index contributed by atoms with van der Waals surface area (Å²) in [6, 6.07) is 13.9. The van der Waals surface area contributed by atoms with Crippen LogP contribution in [0, 0.1) is 0 Å². The van der Waals surface area contributed by atoms with Crippen LogP contribution in [0.2, 0.25) is 0 Å². The third kappa shape index (κ3) is 2.43. The monoisotopic (exact) mass is 226 g/mol. The molecule has 0 radical (unpaired) electrons. The van der Waals surface area contributed by atoms with E-state index in [1.54, 1.807) is 6.08 Å². The van der Waals surface area contributed by atoms with Crippen molar-refractivity contribution in [3.63, 3.8) is 0 Å². The number of benzene rings is 2. The number of Topliss-reactive ketones (excluding diaryl/α,β-unsaturated/α-hetero) is 1. The smallest absolute Gasteiger partial charge is 0.160 e. The van der Waals surface area contributed by atoms with Crippen LogP contribution in [0.4, 0.5) is 0 Å². The van der Waals surface area contributed by atoms with Crippen molar-refractivity contribution in [1.82, 2.24) is 0 Å². The molecule has 0 aliphatic heterocycles. The molecule has 0 fully saturated rings. The minimum absolute atomic E-state index is 0.0330. The molecule has 86 valence electrons. The van der Waals surface area contributed by atoms with Gasteiger partial charge >= 0.3 is 0 Å². The number of hydrogen-bond acceptors (Lipinski definition) is 2. The standard InChI is InChI=1S/C15H14O2/c1-11(17)15(8-9-16)14-7-6-12-4-2-3-5-13(12)10-14/h2-8,10,16H,9H2,1H3/b15-8-. The van der Waals surface area contributed by atoms with Crippen LogP contribution in [0.15, 0.2) is 48.5 Å². The van der Waals surface area contributed by atoms with Crippen LogP contribution in [0.5, 0.6) is 0 Å². The van der Waals surface area contributed by atoms with Gasteiger partial charge in [0.25, 0.3) is 0 Å². The molecule has 2 nitrogen and oxygen atoms in total. The first-order valence-corrected chi connectivity index (χ1v) is 5.53. The SMILES string of the molecule is CC(=O)/C(=C/CO)c1ccc2ccccc2c1. The number of rotatable bonds is 3. The Morgan fingerprint density at radius 3 is 2.53 bits per heavy atom. The van der Waals surface area contributed by atoms with E-state index in [0.29, 0.717) is 5.57 Å². The average Bonchev–Trinajstić information content (AvgIpc) is 2.35. The Labute approximate surface area is 100 Å². The molecule has 0 atom stereocenters. The molecule has 0 heterocycles. The Morgan fingerprint density at radius 2 is 1.88 bits per heavy atom. The lowest BCUT2D eigenvalue weighted by Crippen LogP contribution is -1.97. The molecule has 0 amide bonds. The summed E-state index contributed by atoms with van der Waals surface area (Å²) in [6.45, 7) is 1.39. The molecule has 0 bridgehead atoms. The number of hydrogen-bond donors (Lipinski definition) is 1. The van der Waals surface area contributed by atoms with E-state index in [1.165, 1.54) is 6.92 Å². The maximum absolute atomic E-state index is 11.5. The Balaban J connectivity index is 2.55. The first-order valence-electron chi connectivity index (χ1n) is 5.53. The van der Waals surface area contributed by atoms with E-state index < -0.39 is 0 Å². The van der Waals surface area contributed by atoms with Crippen molar-refractivity contribution >= 4 is 22.1 Å². The van der Waals surface area contributed by atoms with Crippen LogP contribution in [-0.4, -0.2) is 17.5 Å². The lowest BCUT2D eigenvalue weighted by atomic mass is 9.99. The average molecular weight is 226 g/mol. The summed E-state index contributed by atoms with van der Waals surface area (Å²) in [5.74, 6) is -0.0330. The van der Waals surface area contributed by atoms with Crippen molar-refractivity contribution in [2.24, 2.45) is 0 Å². The molecule has 0 aliphatic rings. The summed E-state index contributed by atoms with van der Waals surface area (Å²) < 4.78 is 0. The maximum atomic E-state index is 11.5. The van der Waals surface area contributed by atoms with Gasteiger partial charge in [0.05, 0.1) is 6.61 Å². The molecule has 0 spiro atoms. The highest BCUT2D eigenvalue weighted by molar-refractivity contribution is 6.20. The Hall–Kier alpha value is -1.93. The number of carbonyl (C=O) groups excluding carboxylic acids is 1. The van der Waals surface area contributed by atoms with Crippen LogP contribution in [0.3, 0.4) is 0 Å². The zero-order valence-corrected chi connectivity index (χ0v) is 9.68. The van der Waals surface area contributed by atoms with Gasteiger partial charge in [0, 0.05) is 5.57 Å². The van der Waals surface area contributed by atoms with E-state index >= 15 is 0 Å². The fourth-order valence-electron chi connectivity index (χ4n) is 1.91. The summed E-state index contributed by atoms with van der Waals surface area (Å²) in [7, 11) is 0. The van der Waals surface area contributed by atoms with Gasteiger partial charge in [-0.2, -0.15) is 0 Å². The summed E-state index contributed by atoms with van der Waals surface area (Å²) in [4.78, 5) is 11.5. The molecule has 2 rings (SSSR count). The number of aliphatic hydroxyl groups excluding tert-OH is 1. The minimum atomic E-state index is -0.123. The summed E-state index contributed by atoms with van der Waals surface area (Å²) in [5.41, 5.74) is 1.42. The minimum Gasteiger partial charge on any atom is -0.392 e. The van der Waals surface area contributed by atoms with Gasteiger partial charge in [0.1, 0.15) is 0 Å². The first-order chi connectivity index (χ1) is 8.22. The van der Waals surface area contributed by atoms with Crippen molar-refractivity contribution in [3.8, 4) is 0 Å². The molecule has 0 aromatic heterocycles. The van der Waals surface area contributed by atoms with E-state index in [2.05, 4.69) is 0 Å². The normalized spacial score (nSPS) is 11.8. The van der Waals surface area contributed by atoms with Gasteiger partial charge in [0.15, 0.2) is 5.78 Å². The van der Waals surface area contributed by atoms with Crippen LogP contribution in [0.1, 0.15) is 12.5 Å².